The topological polar surface area (TPSA) is 49.8 Å². The van der Waals surface area contributed by atoms with Crippen molar-refractivity contribution in [2.75, 3.05) is 26.3 Å². The molecule has 1 aliphatic heterocycles. The summed E-state index contributed by atoms with van der Waals surface area (Å²) in [5.41, 5.74) is -0.629. The van der Waals surface area contributed by atoms with Crippen LogP contribution >= 0.6 is 0 Å². The molecule has 94 valence electrons. The third kappa shape index (κ3) is 2.74. The van der Waals surface area contributed by atoms with Gasteiger partial charge in [-0.1, -0.05) is 13.8 Å². The number of carboxylic acid groups (broad SMARTS) is 1. The molecule has 0 spiro atoms. The van der Waals surface area contributed by atoms with Crippen LogP contribution in [0.1, 0.15) is 39.5 Å². The lowest BCUT2D eigenvalue weighted by Gasteiger charge is -2.33. The number of ether oxygens (including phenoxy) is 1. The number of hydrogen-bond acceptors (Lipinski definition) is 3. The zero-order valence-electron chi connectivity index (χ0n) is 10.4. The van der Waals surface area contributed by atoms with Gasteiger partial charge in [-0.2, -0.15) is 0 Å². The molecule has 1 atom stereocenters. The molecular formula is C12H23NO3. The minimum absolute atomic E-state index is 0.629. The minimum Gasteiger partial charge on any atom is -0.480 e. The fourth-order valence-corrected chi connectivity index (χ4v) is 2.48. The van der Waals surface area contributed by atoms with Gasteiger partial charge in [-0.05, 0) is 32.2 Å². The van der Waals surface area contributed by atoms with Crippen LogP contribution in [-0.2, 0) is 9.53 Å². The Balaban J connectivity index is 2.47. The van der Waals surface area contributed by atoms with E-state index in [4.69, 9.17) is 4.74 Å². The first kappa shape index (κ1) is 13.5. The van der Waals surface area contributed by atoms with E-state index in [0.29, 0.717) is 13.0 Å². The number of nitrogens with zero attached hydrogens (tertiary/aromatic N) is 1. The van der Waals surface area contributed by atoms with Crippen LogP contribution in [0.4, 0.5) is 0 Å². The highest BCUT2D eigenvalue weighted by Gasteiger charge is 2.45. The fraction of sp³-hybridized carbons (Fsp3) is 0.917. The van der Waals surface area contributed by atoms with Crippen molar-refractivity contribution in [1.29, 1.82) is 0 Å². The highest BCUT2D eigenvalue weighted by molar-refractivity contribution is 5.79. The van der Waals surface area contributed by atoms with E-state index in [1.165, 1.54) is 0 Å². The monoisotopic (exact) mass is 229 g/mol. The third-order valence-corrected chi connectivity index (χ3v) is 3.46. The Kier molecular flexibility index (Phi) is 5.22. The van der Waals surface area contributed by atoms with Crippen molar-refractivity contribution in [3.8, 4) is 0 Å². The van der Waals surface area contributed by atoms with E-state index in [2.05, 4.69) is 11.8 Å². The van der Waals surface area contributed by atoms with Crippen LogP contribution in [-0.4, -0.2) is 47.8 Å². The summed E-state index contributed by atoms with van der Waals surface area (Å²) in [5, 5.41) is 9.35. The van der Waals surface area contributed by atoms with Crippen molar-refractivity contribution < 1.29 is 14.6 Å². The molecule has 0 bridgehead atoms. The maximum absolute atomic E-state index is 11.4. The molecule has 0 amide bonds. The summed E-state index contributed by atoms with van der Waals surface area (Å²) in [7, 11) is 0. The molecule has 1 rings (SSSR count). The van der Waals surface area contributed by atoms with E-state index in [9.17, 15) is 9.90 Å². The van der Waals surface area contributed by atoms with Crippen LogP contribution in [0.3, 0.4) is 0 Å². The van der Waals surface area contributed by atoms with E-state index in [1.807, 2.05) is 6.92 Å². The molecule has 0 saturated carbocycles. The predicted octanol–water partition coefficient (Wildman–Crippen LogP) is 1.74. The lowest BCUT2D eigenvalue weighted by molar-refractivity contribution is -0.150. The molecule has 1 unspecified atom stereocenters. The van der Waals surface area contributed by atoms with Gasteiger partial charge in [0.1, 0.15) is 5.54 Å². The van der Waals surface area contributed by atoms with Crippen LogP contribution in [0.2, 0.25) is 0 Å². The number of likely N-dealkylation sites (tertiary alicyclic amines) is 1. The van der Waals surface area contributed by atoms with Gasteiger partial charge in [0.05, 0.1) is 6.61 Å². The molecule has 0 aromatic rings. The third-order valence-electron chi connectivity index (χ3n) is 3.46. The van der Waals surface area contributed by atoms with Crippen molar-refractivity contribution in [2.45, 2.75) is 45.1 Å². The lowest BCUT2D eigenvalue weighted by Crippen LogP contribution is -2.51. The summed E-state index contributed by atoms with van der Waals surface area (Å²) in [5.74, 6) is -0.678. The summed E-state index contributed by atoms with van der Waals surface area (Å²) < 4.78 is 5.43. The Bertz CT molecular complexity index is 232. The zero-order valence-corrected chi connectivity index (χ0v) is 10.4. The fourth-order valence-electron chi connectivity index (χ4n) is 2.48. The van der Waals surface area contributed by atoms with Crippen molar-refractivity contribution in [2.24, 2.45) is 0 Å². The number of rotatable bonds is 7. The van der Waals surface area contributed by atoms with Crippen molar-refractivity contribution in [1.82, 2.24) is 4.90 Å². The first-order valence-corrected chi connectivity index (χ1v) is 6.23. The SMILES string of the molecule is CCCOCCN1CCCC1(CC)C(=O)O. The summed E-state index contributed by atoms with van der Waals surface area (Å²) in [4.78, 5) is 13.4. The summed E-state index contributed by atoms with van der Waals surface area (Å²) in [6, 6.07) is 0. The summed E-state index contributed by atoms with van der Waals surface area (Å²) >= 11 is 0. The average molecular weight is 229 g/mol. The largest absolute Gasteiger partial charge is 0.480 e. The van der Waals surface area contributed by atoms with Crippen LogP contribution in [0.25, 0.3) is 0 Å². The van der Waals surface area contributed by atoms with Gasteiger partial charge in [0.2, 0.25) is 0 Å². The van der Waals surface area contributed by atoms with Crippen molar-refractivity contribution in [3.63, 3.8) is 0 Å². The molecule has 4 nitrogen and oxygen atoms in total. The first-order chi connectivity index (χ1) is 7.67. The molecule has 1 fully saturated rings. The lowest BCUT2D eigenvalue weighted by atomic mass is 9.93. The van der Waals surface area contributed by atoms with Gasteiger partial charge in [0, 0.05) is 13.2 Å². The molecule has 0 aromatic heterocycles. The first-order valence-electron chi connectivity index (χ1n) is 6.23. The number of hydrogen-bond donors (Lipinski definition) is 1. The van der Waals surface area contributed by atoms with Crippen LogP contribution in [0, 0.1) is 0 Å². The van der Waals surface area contributed by atoms with Gasteiger partial charge in [-0.3, -0.25) is 9.69 Å². The van der Waals surface area contributed by atoms with Gasteiger partial charge in [-0.25, -0.2) is 0 Å². The Morgan fingerprint density at radius 2 is 2.19 bits per heavy atom. The smallest absolute Gasteiger partial charge is 0.324 e. The second-order valence-corrected chi connectivity index (χ2v) is 4.39. The molecule has 1 N–H and O–H groups in total. The maximum Gasteiger partial charge on any atom is 0.324 e. The second-order valence-electron chi connectivity index (χ2n) is 4.39. The van der Waals surface area contributed by atoms with Gasteiger partial charge >= 0.3 is 5.97 Å². The standard InChI is InChI=1S/C12H23NO3/c1-3-9-16-10-8-13-7-5-6-12(13,4-2)11(14)15/h3-10H2,1-2H3,(H,14,15). The van der Waals surface area contributed by atoms with E-state index in [1.54, 1.807) is 0 Å². The van der Waals surface area contributed by atoms with E-state index in [-0.39, 0.29) is 0 Å². The highest BCUT2D eigenvalue weighted by Crippen LogP contribution is 2.32. The summed E-state index contributed by atoms with van der Waals surface area (Å²) in [6.07, 6.45) is 3.44. The Morgan fingerprint density at radius 3 is 2.75 bits per heavy atom. The molecule has 0 aromatic carbocycles. The van der Waals surface area contributed by atoms with E-state index < -0.39 is 11.5 Å². The Labute approximate surface area is 97.6 Å². The Morgan fingerprint density at radius 1 is 1.44 bits per heavy atom. The Hall–Kier alpha value is -0.610. The van der Waals surface area contributed by atoms with Gasteiger partial charge in [0.25, 0.3) is 0 Å². The highest BCUT2D eigenvalue weighted by atomic mass is 16.5. The number of aliphatic carboxylic acids is 1. The molecule has 0 aliphatic carbocycles. The molecule has 0 radical (unpaired) electrons. The molecule has 1 saturated heterocycles. The van der Waals surface area contributed by atoms with Crippen LogP contribution in [0.15, 0.2) is 0 Å². The van der Waals surface area contributed by atoms with Gasteiger partial charge in [-0.15, -0.1) is 0 Å². The average Bonchev–Trinajstić information content (AvgIpc) is 2.68. The number of carboxylic acids is 1. The van der Waals surface area contributed by atoms with Crippen molar-refractivity contribution in [3.05, 3.63) is 0 Å². The van der Waals surface area contributed by atoms with E-state index >= 15 is 0 Å². The molecule has 1 aliphatic rings. The van der Waals surface area contributed by atoms with Crippen LogP contribution in [0.5, 0.6) is 0 Å². The second kappa shape index (κ2) is 6.21. The van der Waals surface area contributed by atoms with Crippen LogP contribution < -0.4 is 0 Å². The maximum atomic E-state index is 11.4. The van der Waals surface area contributed by atoms with Gasteiger partial charge < -0.3 is 9.84 Å². The predicted molar refractivity (Wildman–Crippen MR) is 62.6 cm³/mol. The molecule has 4 heteroatoms. The van der Waals surface area contributed by atoms with E-state index in [0.717, 1.165) is 39.0 Å². The van der Waals surface area contributed by atoms with Gasteiger partial charge in [0.15, 0.2) is 0 Å². The molecule has 1 heterocycles. The normalized spacial score (nSPS) is 26.1. The number of carbonyl (C=O) groups is 1. The van der Waals surface area contributed by atoms with Crippen molar-refractivity contribution >= 4 is 5.97 Å². The zero-order chi connectivity index (χ0) is 12.0. The summed E-state index contributed by atoms with van der Waals surface area (Å²) in [6.45, 7) is 7.06. The molecular weight excluding hydrogens is 206 g/mol. The minimum atomic E-state index is -0.678. The quantitative estimate of drug-likeness (QED) is 0.676. The molecule has 16 heavy (non-hydrogen) atoms.